The Bertz CT molecular complexity index is 1140. The molecule has 0 aliphatic heterocycles. The average molecular weight is 482 g/mol. The highest BCUT2D eigenvalue weighted by molar-refractivity contribution is 5.79. The molecule has 0 spiro atoms. The highest BCUT2D eigenvalue weighted by Crippen LogP contribution is 2.61. The summed E-state index contributed by atoms with van der Waals surface area (Å²) in [6.07, 6.45) is 16.0. The van der Waals surface area contributed by atoms with Crippen molar-refractivity contribution in [3.05, 3.63) is 36.0 Å². The lowest BCUT2D eigenvalue weighted by Gasteiger charge is -2.57. The second kappa shape index (κ2) is 10.7. The molecule has 0 unspecified atom stereocenters. The van der Waals surface area contributed by atoms with Crippen LogP contribution >= 0.6 is 0 Å². The summed E-state index contributed by atoms with van der Waals surface area (Å²) in [5.41, 5.74) is 10.5. The molecule has 0 aromatic carbocycles. The standard InChI is InChI=1S/C26H38N5O.CH2O2/c1-18(11-14-31-17-30(5)24-22(31)23(27)28-16-29-24)9-12-25(4)19(2)10-13-26(15-32)20(3)7-6-8-21(25)26;2-1-3/h7,11,15-17,19,21H,6,8-10,12-14H2,1-5H3,(H2,27,28,29);1H,(H,2,3)/q+1;/p-1/b18-11+;/t19-,21-,25+,26-;/m0./s1. The van der Waals surface area contributed by atoms with Crippen molar-refractivity contribution >= 4 is 29.7 Å². The van der Waals surface area contributed by atoms with Gasteiger partial charge in [-0.05, 0) is 69.6 Å². The number of imidazole rings is 1. The van der Waals surface area contributed by atoms with Crippen LogP contribution in [0.2, 0.25) is 0 Å². The van der Waals surface area contributed by atoms with E-state index in [9.17, 15) is 4.79 Å². The summed E-state index contributed by atoms with van der Waals surface area (Å²) in [5.74, 6) is 1.58. The number of hydrogen-bond acceptors (Lipinski definition) is 6. The number of aldehydes is 1. The van der Waals surface area contributed by atoms with Gasteiger partial charge >= 0.3 is 5.65 Å². The average Bonchev–Trinajstić information content (AvgIpc) is 3.17. The third kappa shape index (κ3) is 4.88. The van der Waals surface area contributed by atoms with Gasteiger partial charge < -0.3 is 20.4 Å². The van der Waals surface area contributed by atoms with E-state index in [0.29, 0.717) is 17.7 Å². The summed E-state index contributed by atoms with van der Waals surface area (Å²) in [6.45, 7) is 9.50. The molecule has 8 heteroatoms. The summed E-state index contributed by atoms with van der Waals surface area (Å²) in [5, 5.41) is 8.25. The minimum absolute atomic E-state index is 0.175. The fourth-order valence-electron chi connectivity index (χ4n) is 6.46. The number of carbonyl (C=O) groups excluding carboxylic acids is 2. The number of fused-ring (bicyclic) bond motifs is 2. The lowest BCUT2D eigenvalue weighted by molar-refractivity contribution is -0.647. The van der Waals surface area contributed by atoms with Crippen LogP contribution in [0.15, 0.2) is 36.0 Å². The first-order valence-electron chi connectivity index (χ1n) is 12.4. The number of nitrogen functional groups attached to an aromatic ring is 1. The molecule has 2 aromatic heterocycles. The number of allylic oxidation sites excluding steroid dienone is 4. The lowest BCUT2D eigenvalue weighted by atomic mass is 9.46. The second-order valence-corrected chi connectivity index (χ2v) is 10.6. The predicted octanol–water partition coefficient (Wildman–Crippen LogP) is 2.91. The molecule has 2 aromatic rings. The van der Waals surface area contributed by atoms with Crippen LogP contribution in [0.1, 0.15) is 66.2 Å². The van der Waals surface area contributed by atoms with Crippen LogP contribution in [0.4, 0.5) is 5.82 Å². The number of carbonyl (C=O) groups is 2. The van der Waals surface area contributed by atoms with Crippen molar-refractivity contribution in [2.45, 2.75) is 72.8 Å². The third-order valence-electron chi connectivity index (χ3n) is 8.84. The van der Waals surface area contributed by atoms with Gasteiger partial charge in [-0.15, -0.1) is 0 Å². The van der Waals surface area contributed by atoms with E-state index in [1.807, 2.05) is 17.9 Å². The summed E-state index contributed by atoms with van der Waals surface area (Å²) < 4.78 is 4.10. The molecule has 0 radical (unpaired) electrons. The number of hydrogen-bond donors (Lipinski definition) is 1. The summed E-state index contributed by atoms with van der Waals surface area (Å²) in [4.78, 5) is 29.1. The largest absolute Gasteiger partial charge is 0.554 e. The Kier molecular flexibility index (Phi) is 8.13. The maximum atomic E-state index is 12.4. The van der Waals surface area contributed by atoms with E-state index in [1.165, 1.54) is 23.8 Å². The van der Waals surface area contributed by atoms with Crippen molar-refractivity contribution < 1.29 is 19.3 Å². The SMILES string of the molecule is CC1=CCC[C@H]2[C@](C)(CC/C(C)=C/Cn3c[n+](C)c4ncnc(N)c43)[C@@H](C)CC[C@]12C=O.O=C[O-]. The highest BCUT2D eigenvalue weighted by Gasteiger charge is 2.55. The van der Waals surface area contributed by atoms with E-state index in [2.05, 4.69) is 54.4 Å². The number of nitrogens with two attached hydrogens (primary N) is 1. The first-order chi connectivity index (χ1) is 16.6. The van der Waals surface area contributed by atoms with Crippen LogP contribution < -0.4 is 15.4 Å². The minimum atomic E-state index is -0.500. The molecule has 0 amide bonds. The van der Waals surface area contributed by atoms with Gasteiger partial charge in [-0.25, -0.2) is 4.57 Å². The van der Waals surface area contributed by atoms with Gasteiger partial charge in [-0.1, -0.05) is 42.1 Å². The Morgan fingerprint density at radius 3 is 2.74 bits per heavy atom. The van der Waals surface area contributed by atoms with Crippen molar-refractivity contribution in [2.75, 3.05) is 5.73 Å². The Morgan fingerprint density at radius 2 is 2.06 bits per heavy atom. The first-order valence-corrected chi connectivity index (χ1v) is 12.4. The van der Waals surface area contributed by atoms with Gasteiger partial charge in [0.1, 0.15) is 6.29 Å². The molecular weight excluding hydrogens is 442 g/mol. The van der Waals surface area contributed by atoms with Crippen LogP contribution in [-0.4, -0.2) is 27.3 Å². The molecule has 4 rings (SSSR count). The number of aryl methyl sites for hydroxylation is 1. The van der Waals surface area contributed by atoms with Crippen molar-refractivity contribution in [1.82, 2.24) is 14.5 Å². The molecule has 1 fully saturated rings. The highest BCUT2D eigenvalue weighted by atomic mass is 16.3. The predicted molar refractivity (Wildman–Crippen MR) is 134 cm³/mol. The quantitative estimate of drug-likeness (QED) is 0.385. The molecule has 0 bridgehead atoms. The van der Waals surface area contributed by atoms with Crippen LogP contribution in [-0.2, 0) is 23.2 Å². The van der Waals surface area contributed by atoms with Gasteiger partial charge in [0.2, 0.25) is 5.52 Å². The smallest absolute Gasteiger partial charge is 0.307 e. The molecular formula is C27H39N5O3. The van der Waals surface area contributed by atoms with Gasteiger partial charge in [0.05, 0.1) is 13.6 Å². The normalized spacial score (nSPS) is 28.5. The molecule has 1 saturated carbocycles. The number of nitrogens with zero attached hydrogens (tertiary/aromatic N) is 4. The Balaban J connectivity index is 0.00000108. The monoisotopic (exact) mass is 481 g/mol. The Morgan fingerprint density at radius 1 is 1.34 bits per heavy atom. The molecule has 35 heavy (non-hydrogen) atoms. The Labute approximate surface area is 208 Å². The number of carboxylic acid groups (broad SMARTS) is 1. The zero-order valence-corrected chi connectivity index (χ0v) is 21.7. The lowest BCUT2D eigenvalue weighted by Crippen LogP contribution is -2.51. The van der Waals surface area contributed by atoms with E-state index in [-0.39, 0.29) is 10.8 Å². The van der Waals surface area contributed by atoms with Crippen LogP contribution in [0.3, 0.4) is 0 Å². The molecule has 8 nitrogen and oxygen atoms in total. The zero-order valence-electron chi connectivity index (χ0n) is 21.7. The third-order valence-corrected chi connectivity index (χ3v) is 8.84. The summed E-state index contributed by atoms with van der Waals surface area (Å²) >= 11 is 0. The number of rotatable bonds is 6. The fourth-order valence-corrected chi connectivity index (χ4v) is 6.46. The number of aromatic nitrogens is 4. The molecule has 0 saturated heterocycles. The maximum absolute atomic E-state index is 12.4. The molecule has 2 heterocycles. The van der Waals surface area contributed by atoms with E-state index >= 15 is 0 Å². The van der Waals surface area contributed by atoms with Crippen molar-refractivity contribution in [1.29, 1.82) is 0 Å². The molecule has 2 aliphatic carbocycles. The maximum Gasteiger partial charge on any atom is 0.307 e. The minimum Gasteiger partial charge on any atom is -0.554 e. The first kappa shape index (κ1) is 26.6. The number of anilines is 1. The van der Waals surface area contributed by atoms with Gasteiger partial charge in [0.25, 0.3) is 0 Å². The summed E-state index contributed by atoms with van der Waals surface area (Å²) in [6, 6.07) is 0. The van der Waals surface area contributed by atoms with Crippen molar-refractivity contribution in [2.24, 2.45) is 29.7 Å². The Hall–Kier alpha value is -3.03. The molecule has 190 valence electrons. The topological polar surface area (TPSA) is 118 Å². The van der Waals surface area contributed by atoms with Gasteiger partial charge in [0.15, 0.2) is 18.5 Å². The van der Waals surface area contributed by atoms with E-state index < -0.39 is 6.47 Å². The van der Waals surface area contributed by atoms with Gasteiger partial charge in [-0.2, -0.15) is 4.98 Å². The van der Waals surface area contributed by atoms with E-state index in [4.69, 9.17) is 15.6 Å². The van der Waals surface area contributed by atoms with Crippen molar-refractivity contribution in [3.63, 3.8) is 0 Å². The second-order valence-electron chi connectivity index (χ2n) is 10.6. The zero-order chi connectivity index (χ0) is 25.8. The van der Waals surface area contributed by atoms with E-state index in [1.54, 1.807) is 0 Å². The van der Waals surface area contributed by atoms with Crippen molar-refractivity contribution in [3.8, 4) is 0 Å². The van der Waals surface area contributed by atoms with Crippen LogP contribution in [0.25, 0.3) is 11.2 Å². The van der Waals surface area contributed by atoms with Gasteiger partial charge in [-0.3, -0.25) is 4.57 Å². The van der Waals surface area contributed by atoms with Crippen LogP contribution in [0.5, 0.6) is 0 Å². The fraction of sp³-hybridized carbons (Fsp3) is 0.593. The molecule has 2 N–H and O–H groups in total. The van der Waals surface area contributed by atoms with E-state index in [0.717, 1.165) is 56.2 Å². The van der Waals surface area contributed by atoms with Gasteiger partial charge in [0, 0.05) is 11.9 Å². The molecule has 2 aliphatic rings. The summed E-state index contributed by atoms with van der Waals surface area (Å²) in [7, 11) is 1.98. The molecule has 4 atom stereocenters. The van der Waals surface area contributed by atoms with Crippen LogP contribution in [0, 0.1) is 22.7 Å².